The predicted molar refractivity (Wildman–Crippen MR) is 89.8 cm³/mol. The summed E-state index contributed by atoms with van der Waals surface area (Å²) in [6, 6.07) is 11.3. The average Bonchev–Trinajstić information content (AvgIpc) is 2.88. The average molecular weight is 339 g/mol. The van der Waals surface area contributed by atoms with Gasteiger partial charge in [0.05, 0.1) is 26.3 Å². The molecule has 0 saturated carbocycles. The molecule has 3 rings (SSSR count). The number of halogens is 2. The smallest absolute Gasteiger partial charge is 0.152 e. The number of nitrogens with zero attached hydrogens (tertiary/aromatic N) is 1. The maximum Gasteiger partial charge on any atom is 0.152 e. The SMILES string of the molecule is CC(Nc1cc(Cl)c(O)c(Cl)c1)c1nc2ccccc2s1. The number of rotatable bonds is 3. The molecule has 1 atom stereocenters. The zero-order chi connectivity index (χ0) is 15.0. The van der Waals surface area contributed by atoms with Gasteiger partial charge in [0.1, 0.15) is 5.01 Å². The molecule has 1 unspecified atom stereocenters. The summed E-state index contributed by atoms with van der Waals surface area (Å²) in [5.41, 5.74) is 1.74. The summed E-state index contributed by atoms with van der Waals surface area (Å²) in [4.78, 5) is 4.61. The van der Waals surface area contributed by atoms with E-state index in [-0.39, 0.29) is 21.8 Å². The van der Waals surface area contributed by atoms with Crippen molar-refractivity contribution in [2.75, 3.05) is 5.32 Å². The van der Waals surface area contributed by atoms with Crippen LogP contribution in [0.5, 0.6) is 5.75 Å². The zero-order valence-corrected chi connectivity index (χ0v) is 13.4. The van der Waals surface area contributed by atoms with Crippen LogP contribution in [-0.2, 0) is 0 Å². The van der Waals surface area contributed by atoms with Gasteiger partial charge >= 0.3 is 0 Å². The Morgan fingerprint density at radius 2 is 1.86 bits per heavy atom. The lowest BCUT2D eigenvalue weighted by atomic mass is 10.2. The number of phenolic OH excluding ortho intramolecular Hbond substituents is 1. The second kappa shape index (κ2) is 5.72. The lowest BCUT2D eigenvalue weighted by Crippen LogP contribution is -2.06. The minimum Gasteiger partial charge on any atom is -0.505 e. The van der Waals surface area contributed by atoms with E-state index < -0.39 is 0 Å². The second-order valence-electron chi connectivity index (χ2n) is 4.67. The van der Waals surface area contributed by atoms with Gasteiger partial charge in [-0.3, -0.25) is 0 Å². The van der Waals surface area contributed by atoms with Gasteiger partial charge in [-0.25, -0.2) is 4.98 Å². The van der Waals surface area contributed by atoms with Crippen LogP contribution in [0.25, 0.3) is 10.2 Å². The number of hydrogen-bond acceptors (Lipinski definition) is 4. The molecule has 2 aromatic carbocycles. The topological polar surface area (TPSA) is 45.1 Å². The highest BCUT2D eigenvalue weighted by molar-refractivity contribution is 7.18. The largest absolute Gasteiger partial charge is 0.505 e. The van der Waals surface area contributed by atoms with Crippen molar-refractivity contribution in [1.29, 1.82) is 0 Å². The molecule has 6 heteroatoms. The highest BCUT2D eigenvalue weighted by atomic mass is 35.5. The molecule has 0 aliphatic carbocycles. The number of hydrogen-bond donors (Lipinski definition) is 2. The minimum atomic E-state index is -0.100. The van der Waals surface area contributed by atoms with E-state index in [2.05, 4.69) is 16.4 Å². The zero-order valence-electron chi connectivity index (χ0n) is 11.1. The number of benzene rings is 2. The third-order valence-electron chi connectivity index (χ3n) is 3.08. The van der Waals surface area contributed by atoms with E-state index in [0.717, 1.165) is 20.9 Å². The van der Waals surface area contributed by atoms with Gasteiger partial charge in [0.25, 0.3) is 0 Å². The van der Waals surface area contributed by atoms with Crippen LogP contribution in [0.1, 0.15) is 18.0 Å². The number of phenols is 1. The van der Waals surface area contributed by atoms with Crippen molar-refractivity contribution >= 4 is 50.4 Å². The third kappa shape index (κ3) is 2.93. The Labute approximate surface area is 136 Å². The standard InChI is InChI=1S/C15H12Cl2N2OS/c1-8(15-19-12-4-2-3-5-13(12)21-15)18-9-6-10(16)14(20)11(17)7-9/h2-8,18,20H,1H3. The molecule has 0 bridgehead atoms. The minimum absolute atomic E-state index is 0.0130. The molecular weight excluding hydrogens is 327 g/mol. The van der Waals surface area contributed by atoms with Crippen molar-refractivity contribution in [1.82, 2.24) is 4.98 Å². The first-order chi connectivity index (χ1) is 10.0. The van der Waals surface area contributed by atoms with E-state index in [1.807, 2.05) is 25.1 Å². The molecule has 0 saturated heterocycles. The van der Waals surface area contributed by atoms with E-state index in [0.29, 0.717) is 0 Å². The van der Waals surface area contributed by atoms with Crippen LogP contribution >= 0.6 is 34.5 Å². The lowest BCUT2D eigenvalue weighted by Gasteiger charge is -2.14. The summed E-state index contributed by atoms with van der Waals surface area (Å²) in [6.07, 6.45) is 0. The van der Waals surface area contributed by atoms with Gasteiger partial charge in [0.2, 0.25) is 0 Å². The van der Waals surface area contributed by atoms with Crippen LogP contribution in [0.3, 0.4) is 0 Å². The number of nitrogens with one attached hydrogen (secondary N) is 1. The second-order valence-corrected chi connectivity index (χ2v) is 6.55. The summed E-state index contributed by atoms with van der Waals surface area (Å²) in [6.45, 7) is 2.02. The van der Waals surface area contributed by atoms with Crippen molar-refractivity contribution in [3.05, 3.63) is 51.5 Å². The molecule has 0 fully saturated rings. The van der Waals surface area contributed by atoms with E-state index in [4.69, 9.17) is 23.2 Å². The molecule has 21 heavy (non-hydrogen) atoms. The Kier molecular flexibility index (Phi) is 3.93. The molecule has 0 aliphatic rings. The Morgan fingerprint density at radius 1 is 1.19 bits per heavy atom. The van der Waals surface area contributed by atoms with Gasteiger partial charge in [-0.1, -0.05) is 35.3 Å². The third-order valence-corrected chi connectivity index (χ3v) is 4.88. The van der Waals surface area contributed by atoms with Crippen LogP contribution in [0.4, 0.5) is 5.69 Å². The van der Waals surface area contributed by atoms with Crippen molar-refractivity contribution in [2.45, 2.75) is 13.0 Å². The Balaban J connectivity index is 1.87. The number of aromatic nitrogens is 1. The molecule has 3 nitrogen and oxygen atoms in total. The van der Waals surface area contributed by atoms with Crippen LogP contribution in [0.15, 0.2) is 36.4 Å². The van der Waals surface area contributed by atoms with Crippen molar-refractivity contribution in [3.8, 4) is 5.75 Å². The fraction of sp³-hybridized carbons (Fsp3) is 0.133. The van der Waals surface area contributed by atoms with Crippen molar-refractivity contribution in [3.63, 3.8) is 0 Å². The predicted octanol–water partition coefficient (Wildman–Crippen LogP) is 5.48. The maximum absolute atomic E-state index is 9.58. The van der Waals surface area contributed by atoms with Gasteiger partial charge in [0.15, 0.2) is 5.75 Å². The quantitative estimate of drug-likeness (QED) is 0.621. The number of thiazole rings is 1. The fourth-order valence-electron chi connectivity index (χ4n) is 2.04. The number of fused-ring (bicyclic) bond motifs is 1. The summed E-state index contributed by atoms with van der Waals surface area (Å²) in [7, 11) is 0. The van der Waals surface area contributed by atoms with Gasteiger partial charge in [-0.2, -0.15) is 0 Å². The molecular formula is C15H12Cl2N2OS. The summed E-state index contributed by atoms with van der Waals surface area (Å²) >= 11 is 13.5. The molecule has 1 heterocycles. The van der Waals surface area contributed by atoms with Gasteiger partial charge in [0, 0.05) is 5.69 Å². The lowest BCUT2D eigenvalue weighted by molar-refractivity contribution is 0.476. The molecule has 0 spiro atoms. The van der Waals surface area contributed by atoms with Crippen LogP contribution in [0.2, 0.25) is 10.0 Å². The molecule has 0 radical (unpaired) electrons. The van der Waals surface area contributed by atoms with Gasteiger partial charge in [-0.05, 0) is 31.2 Å². The first kappa shape index (κ1) is 14.4. The highest BCUT2D eigenvalue weighted by Crippen LogP contribution is 2.36. The maximum atomic E-state index is 9.58. The number of aromatic hydroxyl groups is 1. The summed E-state index contributed by atoms with van der Waals surface area (Å²) in [5.74, 6) is -0.100. The normalized spacial score (nSPS) is 12.5. The number of para-hydroxylation sites is 1. The van der Waals surface area contributed by atoms with E-state index in [1.54, 1.807) is 23.5 Å². The number of anilines is 1. The first-order valence-electron chi connectivity index (χ1n) is 6.34. The first-order valence-corrected chi connectivity index (χ1v) is 7.92. The van der Waals surface area contributed by atoms with E-state index in [9.17, 15) is 5.11 Å². The molecule has 2 N–H and O–H groups in total. The van der Waals surface area contributed by atoms with Crippen LogP contribution < -0.4 is 5.32 Å². The molecule has 0 aliphatic heterocycles. The molecule has 0 amide bonds. The highest BCUT2D eigenvalue weighted by Gasteiger charge is 2.13. The van der Waals surface area contributed by atoms with Crippen LogP contribution in [0, 0.1) is 0 Å². The van der Waals surface area contributed by atoms with Gasteiger partial charge < -0.3 is 10.4 Å². The summed E-state index contributed by atoms with van der Waals surface area (Å²) < 4.78 is 1.16. The van der Waals surface area contributed by atoms with Crippen LogP contribution in [-0.4, -0.2) is 10.1 Å². The fourth-order valence-corrected chi connectivity index (χ4v) is 3.49. The van der Waals surface area contributed by atoms with Crippen molar-refractivity contribution < 1.29 is 5.11 Å². The van der Waals surface area contributed by atoms with E-state index in [1.165, 1.54) is 0 Å². The monoisotopic (exact) mass is 338 g/mol. The van der Waals surface area contributed by atoms with E-state index >= 15 is 0 Å². The van der Waals surface area contributed by atoms with Gasteiger partial charge in [-0.15, -0.1) is 11.3 Å². The summed E-state index contributed by atoms with van der Waals surface area (Å²) in [5, 5.41) is 14.3. The van der Waals surface area contributed by atoms with Crippen molar-refractivity contribution in [2.24, 2.45) is 0 Å². The molecule has 3 aromatic rings. The Bertz CT molecular complexity index is 747. The molecule has 108 valence electrons. The Morgan fingerprint density at radius 3 is 2.52 bits per heavy atom. The Hall–Kier alpha value is -1.49. The molecule has 1 aromatic heterocycles.